The molecule has 35 heavy (non-hydrogen) atoms. The topological polar surface area (TPSA) is 63.7 Å². The van der Waals surface area contributed by atoms with Crippen LogP contribution in [0.15, 0.2) is 54.7 Å². The molecule has 6 nitrogen and oxygen atoms in total. The molecule has 4 rings (SSSR count). The Labute approximate surface area is 224 Å². The fourth-order valence-electron chi connectivity index (χ4n) is 4.15. The van der Waals surface area contributed by atoms with E-state index in [9.17, 15) is 4.79 Å². The molecule has 0 aliphatic carbocycles. The minimum absolute atomic E-state index is 0. The summed E-state index contributed by atoms with van der Waals surface area (Å²) >= 11 is 5.97. The fraction of sp³-hybridized carbons (Fsp3) is 0.385. The van der Waals surface area contributed by atoms with E-state index in [1.807, 2.05) is 0 Å². The number of methoxy groups -OCH3 is 1. The van der Waals surface area contributed by atoms with Gasteiger partial charge in [0.05, 0.1) is 19.8 Å². The van der Waals surface area contributed by atoms with Crippen LogP contribution in [0.3, 0.4) is 0 Å². The maximum Gasteiger partial charge on any atom is 0.270 e. The van der Waals surface area contributed by atoms with E-state index in [1.165, 1.54) is 21.9 Å². The van der Waals surface area contributed by atoms with E-state index in [1.54, 1.807) is 25.4 Å². The van der Waals surface area contributed by atoms with Crippen molar-refractivity contribution in [3.8, 4) is 0 Å². The number of amides is 1. The van der Waals surface area contributed by atoms with Crippen LogP contribution in [0.4, 0.5) is 0 Å². The summed E-state index contributed by atoms with van der Waals surface area (Å²) in [7, 11) is 1.68. The van der Waals surface area contributed by atoms with Gasteiger partial charge >= 0.3 is 0 Å². The number of aromatic nitrogens is 1. The lowest BCUT2D eigenvalue weighted by Gasteiger charge is -2.32. The largest absolute Gasteiger partial charge is 0.382 e. The van der Waals surface area contributed by atoms with Gasteiger partial charge in [-0.2, -0.15) is 0 Å². The van der Waals surface area contributed by atoms with Crippen molar-refractivity contribution in [2.45, 2.75) is 32.0 Å². The van der Waals surface area contributed by atoms with E-state index in [2.05, 4.69) is 51.6 Å². The number of benzene rings is 2. The van der Waals surface area contributed by atoms with Crippen LogP contribution in [0.1, 0.15) is 34.5 Å². The van der Waals surface area contributed by atoms with Gasteiger partial charge in [-0.25, -0.2) is 0 Å². The van der Waals surface area contributed by atoms with Crippen molar-refractivity contribution in [2.75, 3.05) is 33.4 Å². The second kappa shape index (κ2) is 14.6. The van der Waals surface area contributed by atoms with Crippen LogP contribution in [-0.2, 0) is 22.6 Å². The Morgan fingerprint density at radius 2 is 1.74 bits per heavy atom. The van der Waals surface area contributed by atoms with Gasteiger partial charge < -0.3 is 14.8 Å². The van der Waals surface area contributed by atoms with Crippen molar-refractivity contribution in [3.05, 3.63) is 76.6 Å². The van der Waals surface area contributed by atoms with Crippen LogP contribution in [0.5, 0.6) is 0 Å². The Bertz CT molecular complexity index is 1090. The van der Waals surface area contributed by atoms with Gasteiger partial charge in [-0.3, -0.25) is 14.7 Å². The third-order valence-electron chi connectivity index (χ3n) is 5.95. The molecule has 190 valence electrons. The smallest absolute Gasteiger partial charge is 0.270 e. The zero-order valence-electron chi connectivity index (χ0n) is 19.7. The molecule has 1 saturated heterocycles. The van der Waals surface area contributed by atoms with Crippen LogP contribution in [-0.4, -0.2) is 55.2 Å². The molecule has 2 heterocycles. The van der Waals surface area contributed by atoms with Gasteiger partial charge in [-0.15, -0.1) is 24.8 Å². The standard InChI is InChI=1S/C26H30ClN3O3.2ClH/c1-32-12-13-33-18-20-3-5-21-4-2-19(14-22(21)15-20)17-30-10-7-24(8-11-30)29-26(31)25-16-23(27)6-9-28-25;;/h2-6,9,14-16,24H,7-8,10-13,17-18H2,1H3,(H,29,31);2*1H. The molecular formula is C26H32Cl3N3O3. The monoisotopic (exact) mass is 539 g/mol. The second-order valence-corrected chi connectivity index (χ2v) is 8.88. The van der Waals surface area contributed by atoms with Crippen molar-refractivity contribution < 1.29 is 14.3 Å². The van der Waals surface area contributed by atoms with E-state index >= 15 is 0 Å². The molecule has 0 unspecified atom stereocenters. The number of carbonyl (C=O) groups excluding carboxylic acids is 1. The number of halogens is 3. The number of rotatable bonds is 9. The van der Waals surface area contributed by atoms with Crippen molar-refractivity contribution in [1.82, 2.24) is 15.2 Å². The lowest BCUT2D eigenvalue weighted by atomic mass is 10.0. The highest BCUT2D eigenvalue weighted by Gasteiger charge is 2.21. The highest BCUT2D eigenvalue weighted by Crippen LogP contribution is 2.21. The molecular weight excluding hydrogens is 509 g/mol. The first-order chi connectivity index (χ1) is 16.1. The predicted octanol–water partition coefficient (Wildman–Crippen LogP) is 5.29. The first kappa shape index (κ1) is 29.3. The average molecular weight is 541 g/mol. The SMILES string of the molecule is COCCOCc1ccc2ccc(CN3CCC(NC(=O)c4cc(Cl)ccn4)CC3)cc2c1.Cl.Cl. The molecule has 1 fully saturated rings. The first-order valence-corrected chi connectivity index (χ1v) is 11.7. The van der Waals surface area contributed by atoms with Crippen molar-refractivity contribution in [1.29, 1.82) is 0 Å². The highest BCUT2D eigenvalue weighted by molar-refractivity contribution is 6.30. The fourth-order valence-corrected chi connectivity index (χ4v) is 4.31. The maximum absolute atomic E-state index is 12.4. The van der Waals surface area contributed by atoms with Gasteiger partial charge in [0.15, 0.2) is 0 Å². The number of hydrogen-bond acceptors (Lipinski definition) is 5. The van der Waals surface area contributed by atoms with E-state index in [4.69, 9.17) is 21.1 Å². The number of carbonyl (C=O) groups is 1. The lowest BCUT2D eigenvalue weighted by Crippen LogP contribution is -2.44. The lowest BCUT2D eigenvalue weighted by molar-refractivity contribution is 0.0617. The minimum atomic E-state index is -0.160. The third kappa shape index (κ3) is 8.60. The normalized spacial score (nSPS) is 14.2. The summed E-state index contributed by atoms with van der Waals surface area (Å²) in [4.78, 5) is 19.0. The van der Waals surface area contributed by atoms with Crippen molar-refractivity contribution >= 4 is 53.1 Å². The zero-order valence-corrected chi connectivity index (χ0v) is 22.1. The van der Waals surface area contributed by atoms with Crippen LogP contribution in [0, 0.1) is 0 Å². The van der Waals surface area contributed by atoms with Crippen LogP contribution in [0.25, 0.3) is 10.8 Å². The summed E-state index contributed by atoms with van der Waals surface area (Å²) in [5.74, 6) is -0.160. The number of ether oxygens (including phenoxy) is 2. The summed E-state index contributed by atoms with van der Waals surface area (Å²) in [6, 6.07) is 16.6. The Morgan fingerprint density at radius 1 is 1.03 bits per heavy atom. The zero-order chi connectivity index (χ0) is 23.0. The molecule has 2 aromatic carbocycles. The molecule has 9 heteroatoms. The van der Waals surface area contributed by atoms with Gasteiger partial charge in [0.25, 0.3) is 5.91 Å². The van der Waals surface area contributed by atoms with Crippen LogP contribution < -0.4 is 5.32 Å². The summed E-state index contributed by atoms with van der Waals surface area (Å²) in [5.41, 5.74) is 2.83. The molecule has 1 aliphatic heterocycles. The van der Waals surface area contributed by atoms with Gasteiger partial charge in [0, 0.05) is 44.0 Å². The predicted molar refractivity (Wildman–Crippen MR) is 145 cm³/mol. The van der Waals surface area contributed by atoms with Gasteiger partial charge in [-0.1, -0.05) is 35.9 Å². The minimum Gasteiger partial charge on any atom is -0.382 e. The van der Waals surface area contributed by atoms with Gasteiger partial charge in [0.2, 0.25) is 0 Å². The third-order valence-corrected chi connectivity index (χ3v) is 6.19. The van der Waals surface area contributed by atoms with Crippen LogP contribution >= 0.6 is 36.4 Å². The number of hydrogen-bond donors (Lipinski definition) is 1. The molecule has 1 aromatic heterocycles. The number of fused-ring (bicyclic) bond motifs is 1. The average Bonchev–Trinajstić information content (AvgIpc) is 2.83. The van der Waals surface area contributed by atoms with E-state index in [-0.39, 0.29) is 36.8 Å². The Hall–Kier alpha value is -1.93. The quantitative estimate of drug-likeness (QED) is 0.374. The summed E-state index contributed by atoms with van der Waals surface area (Å²) in [5, 5.41) is 6.08. The first-order valence-electron chi connectivity index (χ1n) is 11.3. The Morgan fingerprint density at radius 3 is 2.46 bits per heavy atom. The molecule has 3 aromatic rings. The Kier molecular flexibility index (Phi) is 12.2. The molecule has 0 bridgehead atoms. The number of likely N-dealkylation sites (tertiary alicyclic amines) is 1. The molecule has 1 amide bonds. The number of pyridine rings is 1. The summed E-state index contributed by atoms with van der Waals surface area (Å²) in [6.07, 6.45) is 3.40. The maximum atomic E-state index is 12.4. The van der Waals surface area contributed by atoms with E-state index in [0.29, 0.717) is 30.5 Å². The van der Waals surface area contributed by atoms with E-state index in [0.717, 1.165) is 32.5 Å². The molecule has 0 atom stereocenters. The van der Waals surface area contributed by atoms with Crippen LogP contribution in [0.2, 0.25) is 5.02 Å². The number of piperidine rings is 1. The molecule has 1 aliphatic rings. The van der Waals surface area contributed by atoms with E-state index < -0.39 is 0 Å². The summed E-state index contributed by atoms with van der Waals surface area (Å²) < 4.78 is 10.7. The van der Waals surface area contributed by atoms with Gasteiger partial charge in [0.1, 0.15) is 5.69 Å². The van der Waals surface area contributed by atoms with Crippen molar-refractivity contribution in [2.24, 2.45) is 0 Å². The summed E-state index contributed by atoms with van der Waals surface area (Å²) in [6.45, 7) is 4.59. The number of nitrogens with one attached hydrogen (secondary N) is 1. The molecule has 0 radical (unpaired) electrons. The molecule has 0 spiro atoms. The highest BCUT2D eigenvalue weighted by atomic mass is 35.5. The molecule has 1 N–H and O–H groups in total. The van der Waals surface area contributed by atoms with Gasteiger partial charge in [-0.05, 0) is 59.0 Å². The molecule has 0 saturated carbocycles. The Balaban J connectivity index is 0.00000216. The number of nitrogens with zero attached hydrogens (tertiary/aromatic N) is 2. The van der Waals surface area contributed by atoms with Crippen molar-refractivity contribution in [3.63, 3.8) is 0 Å². The second-order valence-electron chi connectivity index (χ2n) is 8.44.